The van der Waals surface area contributed by atoms with Crippen molar-refractivity contribution < 1.29 is 19.1 Å². The SMILES string of the molecule is O=C(NCC1(C(=O)O)CCCCC1)Nc1cccc(F)c1. The standard InChI is InChI=1S/C15H19FN2O3/c16-11-5-4-6-12(9-11)18-14(21)17-10-15(13(19)20)7-2-1-3-8-15/h4-6,9H,1-3,7-8,10H2,(H,19,20)(H2,17,18,21). The van der Waals surface area contributed by atoms with Crippen molar-refractivity contribution >= 4 is 17.7 Å². The van der Waals surface area contributed by atoms with Gasteiger partial charge in [-0.1, -0.05) is 25.3 Å². The molecule has 6 heteroatoms. The zero-order valence-electron chi connectivity index (χ0n) is 11.7. The second-order valence-corrected chi connectivity index (χ2v) is 5.46. The van der Waals surface area contributed by atoms with Crippen LogP contribution in [0.5, 0.6) is 0 Å². The number of nitrogens with one attached hydrogen (secondary N) is 2. The van der Waals surface area contributed by atoms with Gasteiger partial charge in [0.25, 0.3) is 0 Å². The maximum atomic E-state index is 13.0. The lowest BCUT2D eigenvalue weighted by atomic mass is 9.74. The molecule has 1 fully saturated rings. The highest BCUT2D eigenvalue weighted by Gasteiger charge is 2.39. The molecule has 3 N–H and O–H groups in total. The first-order valence-corrected chi connectivity index (χ1v) is 7.06. The van der Waals surface area contributed by atoms with Crippen LogP contribution in [-0.4, -0.2) is 23.7 Å². The molecule has 0 aliphatic heterocycles. The summed E-state index contributed by atoms with van der Waals surface area (Å²) in [7, 11) is 0. The number of rotatable bonds is 4. The van der Waals surface area contributed by atoms with Gasteiger partial charge >= 0.3 is 12.0 Å². The number of carboxylic acids is 1. The Labute approximate surface area is 122 Å². The molecule has 1 aliphatic rings. The second-order valence-electron chi connectivity index (χ2n) is 5.46. The van der Waals surface area contributed by atoms with Crippen LogP contribution in [0.1, 0.15) is 32.1 Å². The number of urea groups is 1. The van der Waals surface area contributed by atoms with E-state index in [9.17, 15) is 19.1 Å². The molecule has 0 bridgehead atoms. The maximum absolute atomic E-state index is 13.0. The molecule has 114 valence electrons. The molecule has 1 aromatic carbocycles. The van der Waals surface area contributed by atoms with Crippen molar-refractivity contribution in [1.82, 2.24) is 5.32 Å². The zero-order chi connectivity index (χ0) is 15.3. The molecule has 0 radical (unpaired) electrons. The van der Waals surface area contributed by atoms with Crippen molar-refractivity contribution in [3.8, 4) is 0 Å². The van der Waals surface area contributed by atoms with Crippen molar-refractivity contribution in [2.24, 2.45) is 5.41 Å². The van der Waals surface area contributed by atoms with Gasteiger partial charge in [0.15, 0.2) is 0 Å². The average Bonchev–Trinajstić information content (AvgIpc) is 2.46. The van der Waals surface area contributed by atoms with Gasteiger partial charge in [-0.25, -0.2) is 9.18 Å². The van der Waals surface area contributed by atoms with Gasteiger partial charge in [-0.15, -0.1) is 0 Å². The summed E-state index contributed by atoms with van der Waals surface area (Å²) in [5.41, 5.74) is -0.544. The van der Waals surface area contributed by atoms with E-state index in [2.05, 4.69) is 10.6 Å². The van der Waals surface area contributed by atoms with Crippen LogP contribution in [0.3, 0.4) is 0 Å². The molecule has 21 heavy (non-hydrogen) atoms. The van der Waals surface area contributed by atoms with E-state index in [0.717, 1.165) is 19.3 Å². The van der Waals surface area contributed by atoms with Crippen LogP contribution in [0.25, 0.3) is 0 Å². The van der Waals surface area contributed by atoms with Gasteiger partial charge in [0.1, 0.15) is 5.82 Å². The minimum Gasteiger partial charge on any atom is -0.481 e. The molecule has 1 aromatic rings. The van der Waals surface area contributed by atoms with E-state index in [1.165, 1.54) is 18.2 Å². The zero-order valence-corrected chi connectivity index (χ0v) is 11.7. The van der Waals surface area contributed by atoms with Crippen LogP contribution in [0.15, 0.2) is 24.3 Å². The van der Waals surface area contributed by atoms with Crippen molar-refractivity contribution in [1.29, 1.82) is 0 Å². The third-order valence-electron chi connectivity index (χ3n) is 3.93. The van der Waals surface area contributed by atoms with Crippen LogP contribution in [0.2, 0.25) is 0 Å². The summed E-state index contributed by atoms with van der Waals surface area (Å²) in [5.74, 6) is -1.31. The number of carbonyl (C=O) groups is 2. The Kier molecular flexibility index (Phi) is 4.77. The van der Waals surface area contributed by atoms with E-state index in [4.69, 9.17) is 0 Å². The lowest BCUT2D eigenvalue weighted by Crippen LogP contribution is -2.45. The molecule has 1 aliphatic carbocycles. The molecule has 0 unspecified atom stereocenters. The highest BCUT2D eigenvalue weighted by Crippen LogP contribution is 2.36. The van der Waals surface area contributed by atoms with Crippen LogP contribution in [-0.2, 0) is 4.79 Å². The van der Waals surface area contributed by atoms with Crippen molar-refractivity contribution in [3.63, 3.8) is 0 Å². The first kappa shape index (κ1) is 15.3. The lowest BCUT2D eigenvalue weighted by molar-refractivity contribution is -0.150. The third-order valence-corrected chi connectivity index (χ3v) is 3.93. The van der Waals surface area contributed by atoms with Gasteiger partial charge in [0, 0.05) is 12.2 Å². The maximum Gasteiger partial charge on any atom is 0.319 e. The van der Waals surface area contributed by atoms with Gasteiger partial charge in [-0.05, 0) is 31.0 Å². The molecule has 2 rings (SSSR count). The Hall–Kier alpha value is -2.11. The van der Waals surface area contributed by atoms with E-state index < -0.39 is 23.2 Å². The molecule has 0 aromatic heterocycles. The van der Waals surface area contributed by atoms with E-state index in [1.807, 2.05) is 0 Å². The molecule has 0 atom stereocenters. The minimum absolute atomic E-state index is 0.0868. The number of amides is 2. The Balaban J connectivity index is 1.91. The van der Waals surface area contributed by atoms with Crippen molar-refractivity contribution in [2.45, 2.75) is 32.1 Å². The highest BCUT2D eigenvalue weighted by atomic mass is 19.1. The fourth-order valence-corrected chi connectivity index (χ4v) is 2.69. The summed E-state index contributed by atoms with van der Waals surface area (Å²) in [6.45, 7) is 0.0868. The summed E-state index contributed by atoms with van der Waals surface area (Å²) in [5, 5.41) is 14.5. The number of aliphatic carboxylic acids is 1. The van der Waals surface area contributed by atoms with E-state index >= 15 is 0 Å². The Morgan fingerprint density at radius 3 is 2.57 bits per heavy atom. The molecule has 0 saturated heterocycles. The van der Waals surface area contributed by atoms with Gasteiger partial charge in [0.05, 0.1) is 5.41 Å². The van der Waals surface area contributed by atoms with Crippen LogP contribution in [0.4, 0.5) is 14.9 Å². The monoisotopic (exact) mass is 294 g/mol. The Morgan fingerprint density at radius 1 is 1.24 bits per heavy atom. The molecule has 2 amide bonds. The number of carbonyl (C=O) groups excluding carboxylic acids is 1. The van der Waals surface area contributed by atoms with E-state index in [-0.39, 0.29) is 6.54 Å². The van der Waals surface area contributed by atoms with E-state index in [1.54, 1.807) is 6.07 Å². The van der Waals surface area contributed by atoms with Gasteiger partial charge in [-0.2, -0.15) is 0 Å². The van der Waals surface area contributed by atoms with Crippen molar-refractivity contribution in [3.05, 3.63) is 30.1 Å². The molecule has 5 nitrogen and oxygen atoms in total. The largest absolute Gasteiger partial charge is 0.481 e. The average molecular weight is 294 g/mol. The van der Waals surface area contributed by atoms with Crippen LogP contribution >= 0.6 is 0 Å². The highest BCUT2D eigenvalue weighted by molar-refractivity contribution is 5.89. The summed E-state index contributed by atoms with van der Waals surface area (Å²) in [6.07, 6.45) is 3.90. The van der Waals surface area contributed by atoms with Crippen molar-refractivity contribution in [2.75, 3.05) is 11.9 Å². The molecular formula is C15H19FN2O3. The summed E-state index contributed by atoms with van der Waals surface area (Å²) in [6, 6.07) is 5.02. The number of hydrogen-bond donors (Lipinski definition) is 3. The summed E-state index contributed by atoms with van der Waals surface area (Å²) in [4.78, 5) is 23.3. The number of benzene rings is 1. The quantitative estimate of drug-likeness (QED) is 0.798. The summed E-state index contributed by atoms with van der Waals surface area (Å²) < 4.78 is 13.0. The first-order chi connectivity index (χ1) is 10.0. The topological polar surface area (TPSA) is 78.4 Å². The van der Waals surface area contributed by atoms with Crippen LogP contribution < -0.4 is 10.6 Å². The van der Waals surface area contributed by atoms with Crippen LogP contribution in [0, 0.1) is 11.2 Å². The molecular weight excluding hydrogens is 275 g/mol. The Bertz CT molecular complexity index is 527. The Morgan fingerprint density at radius 2 is 1.95 bits per heavy atom. The minimum atomic E-state index is -0.877. The predicted octanol–water partition coefficient (Wildman–Crippen LogP) is 2.98. The molecule has 0 heterocycles. The van der Waals surface area contributed by atoms with Gasteiger partial charge in [0.2, 0.25) is 0 Å². The number of hydrogen-bond acceptors (Lipinski definition) is 2. The molecule has 1 saturated carbocycles. The lowest BCUT2D eigenvalue weighted by Gasteiger charge is -2.33. The summed E-state index contributed by atoms with van der Waals surface area (Å²) >= 11 is 0. The van der Waals surface area contributed by atoms with Gasteiger partial charge in [-0.3, -0.25) is 4.79 Å². The number of carboxylic acid groups (broad SMARTS) is 1. The number of anilines is 1. The second kappa shape index (κ2) is 6.56. The molecule has 0 spiro atoms. The van der Waals surface area contributed by atoms with Gasteiger partial charge < -0.3 is 15.7 Å². The first-order valence-electron chi connectivity index (χ1n) is 7.06. The third kappa shape index (κ3) is 3.93. The van der Waals surface area contributed by atoms with E-state index in [0.29, 0.717) is 18.5 Å². The number of halogens is 1. The smallest absolute Gasteiger partial charge is 0.319 e. The fourth-order valence-electron chi connectivity index (χ4n) is 2.69. The normalized spacial score (nSPS) is 17.0. The fraction of sp³-hybridized carbons (Fsp3) is 0.467. The predicted molar refractivity (Wildman–Crippen MR) is 76.6 cm³/mol.